The lowest BCUT2D eigenvalue weighted by molar-refractivity contribution is -0.125. The number of anilines is 1. The SMILES string of the molecule is Cl.NC1CCC(C(=O)NCc2cccc(NC(=O)c3ccc(F)cc3)c2)C1. The van der Waals surface area contributed by atoms with Gasteiger partial charge in [0, 0.05) is 29.8 Å². The van der Waals surface area contributed by atoms with Crippen LogP contribution in [0.15, 0.2) is 48.5 Å². The third-order valence-electron chi connectivity index (χ3n) is 4.60. The van der Waals surface area contributed by atoms with Gasteiger partial charge in [0.05, 0.1) is 0 Å². The second-order valence-electron chi connectivity index (χ2n) is 6.65. The van der Waals surface area contributed by atoms with E-state index >= 15 is 0 Å². The Bertz CT molecular complexity index is 798. The van der Waals surface area contributed by atoms with E-state index in [2.05, 4.69) is 10.6 Å². The molecule has 2 unspecified atom stereocenters. The summed E-state index contributed by atoms with van der Waals surface area (Å²) >= 11 is 0. The molecule has 2 atom stereocenters. The van der Waals surface area contributed by atoms with E-state index in [9.17, 15) is 14.0 Å². The monoisotopic (exact) mass is 391 g/mol. The minimum atomic E-state index is -0.387. The van der Waals surface area contributed by atoms with Crippen molar-refractivity contribution < 1.29 is 14.0 Å². The summed E-state index contributed by atoms with van der Waals surface area (Å²) in [5.74, 6) is -0.682. The Balaban J connectivity index is 0.00000261. The van der Waals surface area contributed by atoms with Crippen molar-refractivity contribution in [1.82, 2.24) is 5.32 Å². The number of nitrogens with two attached hydrogens (primary N) is 1. The molecule has 5 nitrogen and oxygen atoms in total. The van der Waals surface area contributed by atoms with Crippen molar-refractivity contribution in [2.45, 2.75) is 31.8 Å². The van der Waals surface area contributed by atoms with Gasteiger partial charge in [0.2, 0.25) is 5.91 Å². The fourth-order valence-electron chi connectivity index (χ4n) is 3.15. The van der Waals surface area contributed by atoms with Gasteiger partial charge in [-0.3, -0.25) is 9.59 Å². The molecule has 0 radical (unpaired) electrons. The molecule has 1 saturated carbocycles. The first-order chi connectivity index (χ1) is 12.5. The minimum Gasteiger partial charge on any atom is -0.352 e. The van der Waals surface area contributed by atoms with Crippen LogP contribution in [-0.4, -0.2) is 17.9 Å². The summed E-state index contributed by atoms with van der Waals surface area (Å²) in [6.45, 7) is 0.394. The molecule has 0 heterocycles. The minimum absolute atomic E-state index is 0. The molecular formula is C20H23ClFN3O2. The number of benzene rings is 2. The maximum atomic E-state index is 12.9. The molecule has 0 saturated heterocycles. The van der Waals surface area contributed by atoms with Crippen LogP contribution in [0.1, 0.15) is 35.2 Å². The van der Waals surface area contributed by atoms with Crippen LogP contribution in [0.5, 0.6) is 0 Å². The van der Waals surface area contributed by atoms with Crippen LogP contribution in [0.4, 0.5) is 10.1 Å². The van der Waals surface area contributed by atoms with Crippen molar-refractivity contribution in [1.29, 1.82) is 0 Å². The van der Waals surface area contributed by atoms with Crippen molar-refractivity contribution in [3.8, 4) is 0 Å². The van der Waals surface area contributed by atoms with Gasteiger partial charge in [0.15, 0.2) is 0 Å². The molecule has 144 valence electrons. The summed E-state index contributed by atoms with van der Waals surface area (Å²) in [4.78, 5) is 24.4. The summed E-state index contributed by atoms with van der Waals surface area (Å²) in [5, 5.41) is 5.71. The molecule has 1 aliphatic carbocycles. The van der Waals surface area contributed by atoms with Gasteiger partial charge in [0.1, 0.15) is 5.82 Å². The van der Waals surface area contributed by atoms with E-state index in [1.807, 2.05) is 18.2 Å². The number of halogens is 2. The Labute approximate surface area is 163 Å². The molecular weight excluding hydrogens is 369 g/mol. The van der Waals surface area contributed by atoms with Gasteiger partial charge in [-0.25, -0.2) is 4.39 Å². The zero-order chi connectivity index (χ0) is 18.5. The average Bonchev–Trinajstić information content (AvgIpc) is 3.07. The van der Waals surface area contributed by atoms with E-state index in [-0.39, 0.29) is 42.0 Å². The molecule has 0 bridgehead atoms. The molecule has 4 N–H and O–H groups in total. The van der Waals surface area contributed by atoms with Crippen LogP contribution in [0, 0.1) is 11.7 Å². The Morgan fingerprint density at radius 3 is 2.52 bits per heavy atom. The highest BCUT2D eigenvalue weighted by Gasteiger charge is 2.27. The number of carbonyl (C=O) groups is 2. The highest BCUT2D eigenvalue weighted by molar-refractivity contribution is 6.04. The molecule has 2 aromatic rings. The molecule has 1 fully saturated rings. The van der Waals surface area contributed by atoms with Gasteiger partial charge < -0.3 is 16.4 Å². The molecule has 2 aromatic carbocycles. The Morgan fingerprint density at radius 2 is 1.85 bits per heavy atom. The van der Waals surface area contributed by atoms with Crippen molar-refractivity contribution >= 4 is 29.9 Å². The van der Waals surface area contributed by atoms with Crippen molar-refractivity contribution in [3.05, 3.63) is 65.5 Å². The van der Waals surface area contributed by atoms with E-state index in [4.69, 9.17) is 5.73 Å². The topological polar surface area (TPSA) is 84.2 Å². The Morgan fingerprint density at radius 1 is 1.11 bits per heavy atom. The van der Waals surface area contributed by atoms with E-state index in [1.165, 1.54) is 24.3 Å². The zero-order valence-corrected chi connectivity index (χ0v) is 15.6. The summed E-state index contributed by atoms with van der Waals surface area (Å²) in [7, 11) is 0. The number of carbonyl (C=O) groups excluding carboxylic acids is 2. The van der Waals surface area contributed by atoms with E-state index in [0.717, 1.165) is 24.8 Å². The van der Waals surface area contributed by atoms with Gasteiger partial charge in [-0.1, -0.05) is 12.1 Å². The number of hydrogen-bond donors (Lipinski definition) is 3. The highest BCUT2D eigenvalue weighted by atomic mass is 35.5. The zero-order valence-electron chi connectivity index (χ0n) is 14.8. The first-order valence-corrected chi connectivity index (χ1v) is 8.70. The Hall–Kier alpha value is -2.44. The van der Waals surface area contributed by atoms with Crippen LogP contribution >= 0.6 is 12.4 Å². The summed E-state index contributed by atoms with van der Waals surface area (Å²) < 4.78 is 12.9. The molecule has 27 heavy (non-hydrogen) atoms. The van der Waals surface area contributed by atoms with Crippen molar-refractivity contribution in [2.24, 2.45) is 11.7 Å². The molecule has 7 heteroatoms. The molecule has 1 aliphatic rings. The van der Waals surface area contributed by atoms with Crippen LogP contribution in [-0.2, 0) is 11.3 Å². The molecule has 0 aromatic heterocycles. The predicted molar refractivity (Wildman–Crippen MR) is 105 cm³/mol. The van der Waals surface area contributed by atoms with Crippen LogP contribution < -0.4 is 16.4 Å². The van der Waals surface area contributed by atoms with Crippen molar-refractivity contribution in [2.75, 3.05) is 5.32 Å². The van der Waals surface area contributed by atoms with Crippen LogP contribution in [0.3, 0.4) is 0 Å². The van der Waals surface area contributed by atoms with Gasteiger partial charge in [-0.15, -0.1) is 12.4 Å². The normalized spacial score (nSPS) is 18.4. The quantitative estimate of drug-likeness (QED) is 0.731. The summed E-state index contributed by atoms with van der Waals surface area (Å²) in [6, 6.07) is 12.7. The lowest BCUT2D eigenvalue weighted by Crippen LogP contribution is -2.30. The van der Waals surface area contributed by atoms with Gasteiger partial charge in [0.25, 0.3) is 5.91 Å². The van der Waals surface area contributed by atoms with Gasteiger partial charge in [-0.05, 0) is 61.2 Å². The van der Waals surface area contributed by atoms with Gasteiger partial charge >= 0.3 is 0 Å². The first-order valence-electron chi connectivity index (χ1n) is 8.70. The fourth-order valence-corrected chi connectivity index (χ4v) is 3.15. The predicted octanol–water partition coefficient (Wildman–Crippen LogP) is 3.24. The molecule has 0 aliphatic heterocycles. The Kier molecular flexibility index (Phi) is 7.33. The van der Waals surface area contributed by atoms with Gasteiger partial charge in [-0.2, -0.15) is 0 Å². The van der Waals surface area contributed by atoms with Crippen LogP contribution in [0.25, 0.3) is 0 Å². The first kappa shape index (κ1) is 20.9. The lowest BCUT2D eigenvalue weighted by Gasteiger charge is -2.12. The number of amides is 2. The summed E-state index contributed by atoms with van der Waals surface area (Å²) in [5.41, 5.74) is 7.74. The molecule has 3 rings (SSSR count). The lowest BCUT2D eigenvalue weighted by atomic mass is 10.1. The van der Waals surface area contributed by atoms with Crippen molar-refractivity contribution in [3.63, 3.8) is 0 Å². The third kappa shape index (κ3) is 5.77. The van der Waals surface area contributed by atoms with Crippen LogP contribution in [0.2, 0.25) is 0 Å². The average molecular weight is 392 g/mol. The van der Waals surface area contributed by atoms with E-state index in [1.54, 1.807) is 6.07 Å². The highest BCUT2D eigenvalue weighted by Crippen LogP contribution is 2.24. The number of rotatable bonds is 5. The van der Waals surface area contributed by atoms with E-state index < -0.39 is 0 Å². The number of nitrogens with one attached hydrogen (secondary N) is 2. The fraction of sp³-hybridized carbons (Fsp3) is 0.300. The van der Waals surface area contributed by atoms with E-state index in [0.29, 0.717) is 17.8 Å². The third-order valence-corrected chi connectivity index (χ3v) is 4.60. The maximum absolute atomic E-state index is 12.9. The smallest absolute Gasteiger partial charge is 0.255 e. The maximum Gasteiger partial charge on any atom is 0.255 e. The standard InChI is InChI=1S/C20H22FN3O2.ClH/c21-16-7-4-14(5-8-16)20(26)24-18-3-1-2-13(10-18)12-23-19(25)15-6-9-17(22)11-15;/h1-5,7-8,10,15,17H,6,9,11-12,22H2,(H,23,25)(H,24,26);1H. The molecule has 2 amide bonds. The summed E-state index contributed by atoms with van der Waals surface area (Å²) in [6.07, 6.45) is 2.46. The second-order valence-corrected chi connectivity index (χ2v) is 6.65. The second kappa shape index (κ2) is 9.48. The molecule has 0 spiro atoms. The largest absolute Gasteiger partial charge is 0.352 e. The number of hydrogen-bond acceptors (Lipinski definition) is 3.